The molecule has 0 bridgehead atoms. The molecule has 2 amide bonds. The number of rotatable bonds is 5. The number of ether oxygens (including phenoxy) is 1. The van der Waals surface area contributed by atoms with Crippen LogP contribution in [0.1, 0.15) is 36.0 Å². The van der Waals surface area contributed by atoms with Crippen molar-refractivity contribution >= 4 is 29.9 Å². The van der Waals surface area contributed by atoms with Gasteiger partial charge in [-0.3, -0.25) is 9.59 Å². The molecule has 2 aromatic rings. The minimum Gasteiger partial charge on any atom is -0.457 e. The summed E-state index contributed by atoms with van der Waals surface area (Å²) < 4.78 is 5.73. The van der Waals surface area contributed by atoms with Gasteiger partial charge in [-0.05, 0) is 55.7 Å². The number of carbonyl (C=O) groups is 2. The van der Waals surface area contributed by atoms with Gasteiger partial charge in [0.05, 0.1) is 5.56 Å². The SMILES string of the molecule is Cl.NC(=O)c1ccccc1Oc1ccc(NC(=O)C2CCCC(N)C2)cc1. The lowest BCUT2D eigenvalue weighted by Gasteiger charge is -2.25. The molecule has 0 saturated heterocycles. The van der Waals surface area contributed by atoms with E-state index in [4.69, 9.17) is 16.2 Å². The van der Waals surface area contributed by atoms with Crippen molar-refractivity contribution in [3.8, 4) is 11.5 Å². The lowest BCUT2D eigenvalue weighted by Crippen LogP contribution is -2.34. The van der Waals surface area contributed by atoms with E-state index < -0.39 is 5.91 Å². The van der Waals surface area contributed by atoms with Crippen LogP contribution in [0.25, 0.3) is 0 Å². The van der Waals surface area contributed by atoms with Crippen LogP contribution in [-0.4, -0.2) is 17.9 Å². The van der Waals surface area contributed by atoms with E-state index in [9.17, 15) is 9.59 Å². The van der Waals surface area contributed by atoms with Gasteiger partial charge in [-0.1, -0.05) is 18.6 Å². The fraction of sp³-hybridized carbons (Fsp3) is 0.300. The summed E-state index contributed by atoms with van der Waals surface area (Å²) in [5, 5.41) is 2.93. The van der Waals surface area contributed by atoms with Gasteiger partial charge >= 0.3 is 0 Å². The minimum atomic E-state index is -0.546. The van der Waals surface area contributed by atoms with Gasteiger partial charge in [0.15, 0.2) is 0 Å². The molecular weight excluding hydrogens is 366 g/mol. The van der Waals surface area contributed by atoms with Crippen LogP contribution in [0, 0.1) is 5.92 Å². The second-order valence-corrected chi connectivity index (χ2v) is 6.60. The van der Waals surface area contributed by atoms with Gasteiger partial charge in [0, 0.05) is 17.6 Å². The lowest BCUT2D eigenvalue weighted by atomic mass is 9.85. The van der Waals surface area contributed by atoms with E-state index in [0.29, 0.717) is 22.7 Å². The predicted octanol–water partition coefficient (Wildman–Crippen LogP) is 3.46. The Hall–Kier alpha value is -2.57. The first-order valence-corrected chi connectivity index (χ1v) is 8.76. The van der Waals surface area contributed by atoms with Gasteiger partial charge in [0.1, 0.15) is 11.5 Å². The van der Waals surface area contributed by atoms with Crippen molar-refractivity contribution in [1.82, 2.24) is 0 Å². The summed E-state index contributed by atoms with van der Waals surface area (Å²) in [6, 6.07) is 13.9. The Kier molecular flexibility index (Phi) is 7.21. The van der Waals surface area contributed by atoms with Crippen molar-refractivity contribution in [2.45, 2.75) is 31.7 Å². The Bertz CT molecular complexity index is 795. The van der Waals surface area contributed by atoms with Crippen LogP contribution in [-0.2, 0) is 4.79 Å². The number of amides is 2. The van der Waals surface area contributed by atoms with E-state index in [0.717, 1.165) is 25.7 Å². The quantitative estimate of drug-likeness (QED) is 0.727. The van der Waals surface area contributed by atoms with Crippen molar-refractivity contribution in [2.24, 2.45) is 17.4 Å². The topological polar surface area (TPSA) is 107 Å². The number of para-hydroxylation sites is 1. The van der Waals surface area contributed by atoms with Crippen LogP contribution in [0.5, 0.6) is 11.5 Å². The number of halogens is 1. The molecular formula is C20H24ClN3O3. The van der Waals surface area contributed by atoms with E-state index in [-0.39, 0.29) is 30.3 Å². The predicted molar refractivity (Wildman–Crippen MR) is 107 cm³/mol. The number of carbonyl (C=O) groups excluding carboxylic acids is 2. The first kappa shape index (κ1) is 20.7. The third-order valence-electron chi connectivity index (χ3n) is 4.59. The Morgan fingerprint density at radius 1 is 1.04 bits per heavy atom. The Morgan fingerprint density at radius 3 is 2.41 bits per heavy atom. The molecule has 2 atom stereocenters. The number of hydrogen-bond acceptors (Lipinski definition) is 4. The molecule has 0 radical (unpaired) electrons. The number of benzene rings is 2. The first-order valence-electron chi connectivity index (χ1n) is 8.76. The maximum atomic E-state index is 12.4. The number of primary amides is 1. The second kappa shape index (κ2) is 9.39. The van der Waals surface area contributed by atoms with Crippen molar-refractivity contribution in [2.75, 3.05) is 5.32 Å². The highest BCUT2D eigenvalue weighted by molar-refractivity contribution is 5.95. The Labute approximate surface area is 164 Å². The largest absolute Gasteiger partial charge is 0.457 e. The molecule has 6 nitrogen and oxygen atoms in total. The highest BCUT2D eigenvalue weighted by Crippen LogP contribution is 2.27. The monoisotopic (exact) mass is 389 g/mol. The minimum absolute atomic E-state index is 0. The van der Waals surface area contributed by atoms with Crippen LogP contribution in [0.15, 0.2) is 48.5 Å². The fourth-order valence-electron chi connectivity index (χ4n) is 3.20. The zero-order valence-corrected chi connectivity index (χ0v) is 15.7. The Balaban J connectivity index is 0.00000261. The molecule has 1 aliphatic rings. The van der Waals surface area contributed by atoms with E-state index in [1.807, 2.05) is 0 Å². The summed E-state index contributed by atoms with van der Waals surface area (Å²) in [5.41, 5.74) is 12.3. The van der Waals surface area contributed by atoms with E-state index in [1.54, 1.807) is 48.5 Å². The van der Waals surface area contributed by atoms with Crippen molar-refractivity contribution in [1.29, 1.82) is 0 Å². The average Bonchev–Trinajstić information content (AvgIpc) is 2.63. The summed E-state index contributed by atoms with van der Waals surface area (Å²) in [6.45, 7) is 0. The summed E-state index contributed by atoms with van der Waals surface area (Å²) >= 11 is 0. The fourth-order valence-corrected chi connectivity index (χ4v) is 3.20. The molecule has 144 valence electrons. The third-order valence-corrected chi connectivity index (χ3v) is 4.59. The normalized spacial score (nSPS) is 18.9. The van der Waals surface area contributed by atoms with Crippen LogP contribution < -0.4 is 21.5 Å². The summed E-state index contributed by atoms with van der Waals surface area (Å²) in [4.78, 5) is 23.8. The molecule has 1 saturated carbocycles. The third kappa shape index (κ3) is 5.45. The number of nitrogens with two attached hydrogens (primary N) is 2. The van der Waals surface area contributed by atoms with Crippen LogP contribution >= 0.6 is 12.4 Å². The van der Waals surface area contributed by atoms with Gasteiger partial charge in [-0.2, -0.15) is 0 Å². The number of anilines is 1. The zero-order chi connectivity index (χ0) is 18.5. The van der Waals surface area contributed by atoms with Crippen molar-refractivity contribution < 1.29 is 14.3 Å². The maximum Gasteiger partial charge on any atom is 0.252 e. The van der Waals surface area contributed by atoms with Gasteiger partial charge in [0.25, 0.3) is 5.91 Å². The zero-order valence-electron chi connectivity index (χ0n) is 14.9. The first-order chi connectivity index (χ1) is 12.5. The van der Waals surface area contributed by atoms with E-state index >= 15 is 0 Å². The van der Waals surface area contributed by atoms with Crippen LogP contribution in [0.4, 0.5) is 5.69 Å². The highest BCUT2D eigenvalue weighted by atomic mass is 35.5. The van der Waals surface area contributed by atoms with Crippen LogP contribution in [0.2, 0.25) is 0 Å². The van der Waals surface area contributed by atoms with Gasteiger partial charge in [0.2, 0.25) is 5.91 Å². The lowest BCUT2D eigenvalue weighted by molar-refractivity contribution is -0.120. The van der Waals surface area contributed by atoms with E-state index in [2.05, 4.69) is 5.32 Å². The molecule has 27 heavy (non-hydrogen) atoms. The average molecular weight is 390 g/mol. The molecule has 1 fully saturated rings. The molecule has 7 heteroatoms. The van der Waals surface area contributed by atoms with Gasteiger partial charge < -0.3 is 21.5 Å². The summed E-state index contributed by atoms with van der Waals surface area (Å²) in [6.07, 6.45) is 3.59. The van der Waals surface area contributed by atoms with Crippen molar-refractivity contribution in [3.05, 3.63) is 54.1 Å². The molecule has 1 aliphatic carbocycles. The standard InChI is InChI=1S/C20H23N3O3.ClH/c21-14-5-3-4-13(12-14)20(25)23-15-8-10-16(11-9-15)26-18-7-2-1-6-17(18)19(22)24;/h1-2,6-11,13-14H,3-5,12,21H2,(H2,22,24)(H,23,25);1H. The molecule has 0 aromatic heterocycles. The maximum absolute atomic E-state index is 12.4. The molecule has 2 aromatic carbocycles. The number of nitrogens with one attached hydrogen (secondary N) is 1. The molecule has 0 aliphatic heterocycles. The molecule has 3 rings (SSSR count). The second-order valence-electron chi connectivity index (χ2n) is 6.60. The van der Waals surface area contributed by atoms with Crippen molar-refractivity contribution in [3.63, 3.8) is 0 Å². The summed E-state index contributed by atoms with van der Waals surface area (Å²) in [7, 11) is 0. The van der Waals surface area contributed by atoms with Crippen LogP contribution in [0.3, 0.4) is 0 Å². The van der Waals surface area contributed by atoms with Gasteiger partial charge in [-0.15, -0.1) is 12.4 Å². The van der Waals surface area contributed by atoms with Gasteiger partial charge in [-0.25, -0.2) is 0 Å². The molecule has 0 heterocycles. The summed E-state index contributed by atoms with van der Waals surface area (Å²) in [5.74, 6) is 0.379. The van der Waals surface area contributed by atoms with E-state index in [1.165, 1.54) is 0 Å². The number of hydrogen-bond donors (Lipinski definition) is 3. The smallest absolute Gasteiger partial charge is 0.252 e. The Morgan fingerprint density at radius 2 is 1.74 bits per heavy atom. The molecule has 2 unspecified atom stereocenters. The molecule has 0 spiro atoms. The molecule has 5 N–H and O–H groups in total. The highest BCUT2D eigenvalue weighted by Gasteiger charge is 2.25.